The summed E-state index contributed by atoms with van der Waals surface area (Å²) in [5, 5.41) is 0.0681. The summed E-state index contributed by atoms with van der Waals surface area (Å²) in [7, 11) is -3.92. The molecule has 0 saturated carbocycles. The molecule has 0 spiro atoms. The lowest BCUT2D eigenvalue weighted by Gasteiger charge is -2.22. The molecule has 0 amide bonds. The Hall–Kier alpha value is -1.45. The predicted molar refractivity (Wildman–Crippen MR) is 75.9 cm³/mol. The molecule has 1 fully saturated rings. The third kappa shape index (κ3) is 3.80. The van der Waals surface area contributed by atoms with Gasteiger partial charge < -0.3 is 4.74 Å². The molecule has 2 heterocycles. The van der Waals surface area contributed by atoms with Gasteiger partial charge in [-0.15, -0.1) is 0 Å². The van der Waals surface area contributed by atoms with E-state index in [0.717, 1.165) is 4.31 Å². The molecule has 1 unspecified atom stereocenters. The Morgan fingerprint density at radius 2 is 2.33 bits per heavy atom. The van der Waals surface area contributed by atoms with Crippen molar-refractivity contribution in [2.24, 2.45) is 0 Å². The van der Waals surface area contributed by atoms with Crippen molar-refractivity contribution >= 4 is 33.6 Å². The van der Waals surface area contributed by atoms with Gasteiger partial charge in [-0.2, -0.15) is 12.7 Å². The number of rotatable bonds is 5. The van der Waals surface area contributed by atoms with Gasteiger partial charge >= 0.3 is 16.2 Å². The van der Waals surface area contributed by atoms with E-state index in [-0.39, 0.29) is 24.1 Å². The second kappa shape index (κ2) is 6.54. The van der Waals surface area contributed by atoms with Crippen LogP contribution in [0.4, 0.5) is 5.82 Å². The summed E-state index contributed by atoms with van der Waals surface area (Å²) < 4.78 is 32.9. The van der Waals surface area contributed by atoms with E-state index < -0.39 is 22.2 Å². The van der Waals surface area contributed by atoms with Crippen LogP contribution in [0.25, 0.3) is 0 Å². The molecular weight excluding hydrogens is 320 g/mol. The van der Waals surface area contributed by atoms with Crippen molar-refractivity contribution in [1.82, 2.24) is 14.3 Å². The van der Waals surface area contributed by atoms with E-state index in [0.29, 0.717) is 12.8 Å². The zero-order chi connectivity index (χ0) is 15.5. The maximum absolute atomic E-state index is 12.3. The van der Waals surface area contributed by atoms with E-state index >= 15 is 0 Å². The van der Waals surface area contributed by atoms with Crippen LogP contribution in [0.15, 0.2) is 12.4 Å². The van der Waals surface area contributed by atoms with Crippen LogP contribution in [0.2, 0.25) is 5.15 Å². The molecule has 1 aromatic rings. The van der Waals surface area contributed by atoms with E-state index in [1.807, 2.05) is 0 Å². The quantitative estimate of drug-likeness (QED) is 0.800. The molecule has 8 nitrogen and oxygen atoms in total. The number of carbonyl (C=O) groups excluding carboxylic acids is 1. The first-order valence-corrected chi connectivity index (χ1v) is 8.19. The molecule has 1 saturated heterocycles. The summed E-state index contributed by atoms with van der Waals surface area (Å²) in [4.78, 5) is 19.4. The number of hydrogen-bond donors (Lipinski definition) is 1. The van der Waals surface area contributed by atoms with Crippen LogP contribution in [0, 0.1) is 0 Å². The number of nitrogens with zero attached hydrogens (tertiary/aromatic N) is 3. The lowest BCUT2D eigenvalue weighted by atomic mass is 10.2. The number of carbonyl (C=O) groups is 1. The summed E-state index contributed by atoms with van der Waals surface area (Å²) in [5.74, 6) is -0.547. The van der Waals surface area contributed by atoms with E-state index in [9.17, 15) is 13.2 Å². The van der Waals surface area contributed by atoms with Gasteiger partial charge in [-0.1, -0.05) is 11.6 Å². The van der Waals surface area contributed by atoms with Crippen LogP contribution in [-0.2, 0) is 19.7 Å². The second-order valence-corrected chi connectivity index (χ2v) is 6.37. The standard InChI is InChI=1S/C11H15ClN4O4S/c1-2-20-11(17)8-4-3-5-16(8)21(18,19)15-10-7-13-6-9(12)14-10/h6-8H,2-5H2,1H3,(H,14,15). The molecule has 1 aliphatic heterocycles. The largest absolute Gasteiger partial charge is 0.465 e. The Balaban J connectivity index is 2.16. The first-order chi connectivity index (χ1) is 9.94. The van der Waals surface area contributed by atoms with Crippen LogP contribution in [0.3, 0.4) is 0 Å². The van der Waals surface area contributed by atoms with Crippen molar-refractivity contribution in [1.29, 1.82) is 0 Å². The minimum Gasteiger partial charge on any atom is -0.465 e. The SMILES string of the molecule is CCOC(=O)C1CCCN1S(=O)(=O)Nc1cncc(Cl)n1. The monoisotopic (exact) mass is 334 g/mol. The van der Waals surface area contributed by atoms with Crippen LogP contribution >= 0.6 is 11.6 Å². The van der Waals surface area contributed by atoms with Crippen LogP contribution in [0.5, 0.6) is 0 Å². The molecule has 1 N–H and O–H groups in total. The first-order valence-electron chi connectivity index (χ1n) is 6.38. The van der Waals surface area contributed by atoms with Gasteiger partial charge in [-0.05, 0) is 19.8 Å². The van der Waals surface area contributed by atoms with Crippen molar-refractivity contribution in [3.05, 3.63) is 17.5 Å². The maximum Gasteiger partial charge on any atom is 0.324 e. The van der Waals surface area contributed by atoms with E-state index in [1.165, 1.54) is 12.4 Å². The number of hydrogen-bond acceptors (Lipinski definition) is 6. The van der Waals surface area contributed by atoms with Crippen molar-refractivity contribution in [3.8, 4) is 0 Å². The van der Waals surface area contributed by atoms with Crippen molar-refractivity contribution < 1.29 is 17.9 Å². The fourth-order valence-electron chi connectivity index (χ4n) is 2.08. The fraction of sp³-hybridized carbons (Fsp3) is 0.545. The second-order valence-electron chi connectivity index (χ2n) is 4.35. The maximum atomic E-state index is 12.3. The fourth-order valence-corrected chi connectivity index (χ4v) is 3.61. The average molecular weight is 335 g/mol. The molecule has 116 valence electrons. The Bertz CT molecular complexity index is 624. The van der Waals surface area contributed by atoms with E-state index in [2.05, 4.69) is 14.7 Å². The van der Waals surface area contributed by atoms with Gasteiger partial charge in [0.2, 0.25) is 0 Å². The molecule has 1 aromatic heterocycles. The molecule has 2 rings (SSSR count). The normalized spacial score (nSPS) is 19.4. The van der Waals surface area contributed by atoms with Gasteiger partial charge in [0, 0.05) is 6.54 Å². The molecule has 1 atom stereocenters. The van der Waals surface area contributed by atoms with Gasteiger partial charge in [0.05, 0.1) is 19.0 Å². The number of aromatic nitrogens is 2. The Labute approximate surface area is 127 Å². The Morgan fingerprint density at radius 1 is 1.57 bits per heavy atom. The highest BCUT2D eigenvalue weighted by Gasteiger charge is 2.39. The van der Waals surface area contributed by atoms with Crippen molar-refractivity contribution in [3.63, 3.8) is 0 Å². The number of nitrogens with one attached hydrogen (secondary N) is 1. The van der Waals surface area contributed by atoms with Gasteiger partial charge in [0.15, 0.2) is 5.82 Å². The predicted octanol–water partition coefficient (Wildman–Crippen LogP) is 0.814. The number of halogens is 1. The minimum absolute atomic E-state index is 0.00277. The molecule has 0 aromatic carbocycles. The van der Waals surface area contributed by atoms with Crippen LogP contribution in [0.1, 0.15) is 19.8 Å². The van der Waals surface area contributed by atoms with Gasteiger partial charge in [-0.3, -0.25) is 14.5 Å². The highest BCUT2D eigenvalue weighted by molar-refractivity contribution is 7.90. The molecule has 10 heteroatoms. The summed E-state index contributed by atoms with van der Waals surface area (Å²) in [6, 6.07) is -0.811. The summed E-state index contributed by atoms with van der Waals surface area (Å²) in [6.07, 6.45) is 3.54. The highest BCUT2D eigenvalue weighted by atomic mass is 35.5. The van der Waals surface area contributed by atoms with Crippen molar-refractivity contribution in [2.45, 2.75) is 25.8 Å². The lowest BCUT2D eigenvalue weighted by Crippen LogP contribution is -2.44. The van der Waals surface area contributed by atoms with Crippen molar-refractivity contribution in [2.75, 3.05) is 17.9 Å². The molecule has 0 aliphatic carbocycles. The zero-order valence-electron chi connectivity index (χ0n) is 11.3. The Morgan fingerprint density at radius 3 is 3.00 bits per heavy atom. The molecule has 1 aliphatic rings. The summed E-state index contributed by atoms with van der Waals surface area (Å²) in [6.45, 7) is 2.12. The third-order valence-electron chi connectivity index (χ3n) is 2.91. The number of anilines is 1. The number of ether oxygens (including phenoxy) is 1. The van der Waals surface area contributed by atoms with Gasteiger partial charge in [0.25, 0.3) is 0 Å². The van der Waals surface area contributed by atoms with E-state index in [4.69, 9.17) is 16.3 Å². The summed E-state index contributed by atoms with van der Waals surface area (Å²) >= 11 is 5.66. The zero-order valence-corrected chi connectivity index (χ0v) is 12.9. The third-order valence-corrected chi connectivity index (χ3v) is 4.61. The lowest BCUT2D eigenvalue weighted by molar-refractivity contribution is -0.146. The highest BCUT2D eigenvalue weighted by Crippen LogP contribution is 2.23. The van der Waals surface area contributed by atoms with Gasteiger partial charge in [-0.25, -0.2) is 4.98 Å². The van der Waals surface area contributed by atoms with Crippen LogP contribution in [-0.4, -0.2) is 47.9 Å². The molecular formula is C11H15ClN4O4S. The molecule has 21 heavy (non-hydrogen) atoms. The first kappa shape index (κ1) is 15.9. The topological polar surface area (TPSA) is 101 Å². The van der Waals surface area contributed by atoms with Gasteiger partial charge in [0.1, 0.15) is 11.2 Å². The minimum atomic E-state index is -3.92. The van der Waals surface area contributed by atoms with Crippen LogP contribution < -0.4 is 4.72 Å². The molecule has 0 radical (unpaired) electrons. The smallest absolute Gasteiger partial charge is 0.324 e. The molecule has 0 bridgehead atoms. The Kier molecular flexibility index (Phi) is 4.96. The number of esters is 1. The van der Waals surface area contributed by atoms with E-state index in [1.54, 1.807) is 6.92 Å². The summed E-state index contributed by atoms with van der Waals surface area (Å²) in [5.41, 5.74) is 0. The average Bonchev–Trinajstić information content (AvgIpc) is 2.88.